The molecule has 0 aliphatic heterocycles. The predicted molar refractivity (Wildman–Crippen MR) is 229 cm³/mol. The molecule has 0 saturated heterocycles. The van der Waals surface area contributed by atoms with Gasteiger partial charge in [0.05, 0.1) is 22.1 Å². The number of hydrogen-bond acceptors (Lipinski definition) is 3. The number of aromatic nitrogens is 3. The van der Waals surface area contributed by atoms with E-state index in [0.717, 1.165) is 61.9 Å². The van der Waals surface area contributed by atoms with Crippen molar-refractivity contribution in [3.63, 3.8) is 0 Å². The Hall–Kier alpha value is -7.30. The van der Waals surface area contributed by atoms with Crippen LogP contribution in [0.5, 0.6) is 0 Å². The molecule has 4 heterocycles. The zero-order chi connectivity index (χ0) is 36.7. The standard InChI is InChI=1S/C52H33N3O/c1-2-12-35(13-3-1)55-47-20-8-6-16-38(47)39-26-25-33(30-48(39)55)32-23-24-34-29-43(37-15-5-4-14-36(37)42(34)28-32)46-31-44(52-45(54-46)19-11-27-53-52)40-18-10-22-50-51(40)41-17-7-9-21-49(41)56-50/h1-28,30-31,43H,29H2. The number of furan rings is 1. The topological polar surface area (TPSA) is 43.9 Å². The molecule has 4 aromatic heterocycles. The zero-order valence-corrected chi connectivity index (χ0v) is 30.4. The molecule has 0 saturated carbocycles. The maximum absolute atomic E-state index is 6.32. The number of rotatable bonds is 4. The summed E-state index contributed by atoms with van der Waals surface area (Å²) < 4.78 is 8.72. The number of pyridine rings is 2. The van der Waals surface area contributed by atoms with Crippen LogP contribution in [0.1, 0.15) is 22.7 Å². The van der Waals surface area contributed by atoms with Crippen molar-refractivity contribution in [3.8, 4) is 39.1 Å². The average Bonchev–Trinajstić information content (AvgIpc) is 3.81. The molecule has 0 spiro atoms. The Morgan fingerprint density at radius 2 is 1.27 bits per heavy atom. The largest absolute Gasteiger partial charge is 0.456 e. The molecule has 0 N–H and O–H groups in total. The van der Waals surface area contributed by atoms with E-state index in [0.29, 0.717) is 0 Å². The summed E-state index contributed by atoms with van der Waals surface area (Å²) in [6.07, 6.45) is 2.72. The highest BCUT2D eigenvalue weighted by Crippen LogP contribution is 2.46. The van der Waals surface area contributed by atoms with Crippen LogP contribution in [-0.2, 0) is 6.42 Å². The summed E-state index contributed by atoms with van der Waals surface area (Å²) in [5.41, 5.74) is 18.0. The Bertz CT molecular complexity index is 3350. The maximum atomic E-state index is 6.32. The summed E-state index contributed by atoms with van der Waals surface area (Å²) in [5.74, 6) is 0.0751. The van der Waals surface area contributed by atoms with E-state index in [9.17, 15) is 0 Å². The zero-order valence-electron chi connectivity index (χ0n) is 30.4. The first-order valence-electron chi connectivity index (χ1n) is 19.2. The summed E-state index contributed by atoms with van der Waals surface area (Å²) in [6, 6.07) is 63.2. The van der Waals surface area contributed by atoms with Gasteiger partial charge < -0.3 is 8.98 Å². The second-order valence-electron chi connectivity index (χ2n) is 14.9. The van der Waals surface area contributed by atoms with Crippen LogP contribution < -0.4 is 0 Å². The summed E-state index contributed by atoms with van der Waals surface area (Å²) in [5, 5.41) is 4.73. The molecule has 0 amide bonds. The summed E-state index contributed by atoms with van der Waals surface area (Å²) >= 11 is 0. The van der Waals surface area contributed by atoms with Gasteiger partial charge >= 0.3 is 0 Å². The van der Waals surface area contributed by atoms with Crippen LogP contribution in [-0.4, -0.2) is 14.5 Å². The summed E-state index contributed by atoms with van der Waals surface area (Å²) in [7, 11) is 0. The van der Waals surface area contributed by atoms with E-state index in [1.807, 2.05) is 24.4 Å². The molecule has 0 fully saturated rings. The highest BCUT2D eigenvalue weighted by Gasteiger charge is 2.29. The third-order valence-corrected chi connectivity index (χ3v) is 11.8. The van der Waals surface area contributed by atoms with Crippen LogP contribution in [0.25, 0.3) is 93.8 Å². The second-order valence-corrected chi connectivity index (χ2v) is 14.9. The number of para-hydroxylation sites is 3. The lowest BCUT2D eigenvalue weighted by atomic mass is 9.76. The molecular formula is C52H33N3O. The van der Waals surface area contributed by atoms with Crippen molar-refractivity contribution < 1.29 is 4.42 Å². The van der Waals surface area contributed by atoms with E-state index in [1.54, 1.807) is 0 Å². The molecule has 11 aromatic rings. The molecule has 1 unspecified atom stereocenters. The van der Waals surface area contributed by atoms with E-state index in [2.05, 4.69) is 162 Å². The molecule has 1 atom stereocenters. The summed E-state index contributed by atoms with van der Waals surface area (Å²) in [6.45, 7) is 0. The van der Waals surface area contributed by atoms with E-state index >= 15 is 0 Å². The normalized spacial score (nSPS) is 13.8. The van der Waals surface area contributed by atoms with Crippen LogP contribution in [0.2, 0.25) is 0 Å². The van der Waals surface area contributed by atoms with E-state index in [-0.39, 0.29) is 5.92 Å². The van der Waals surface area contributed by atoms with Gasteiger partial charge in [0.15, 0.2) is 0 Å². The smallest absolute Gasteiger partial charge is 0.136 e. The van der Waals surface area contributed by atoms with Gasteiger partial charge in [0, 0.05) is 50.6 Å². The minimum absolute atomic E-state index is 0.0751. The van der Waals surface area contributed by atoms with Gasteiger partial charge in [-0.25, -0.2) is 0 Å². The van der Waals surface area contributed by atoms with Gasteiger partial charge in [-0.1, -0.05) is 115 Å². The maximum Gasteiger partial charge on any atom is 0.136 e. The lowest BCUT2D eigenvalue weighted by Gasteiger charge is -2.28. The molecule has 4 heteroatoms. The highest BCUT2D eigenvalue weighted by atomic mass is 16.3. The van der Waals surface area contributed by atoms with Gasteiger partial charge in [0.2, 0.25) is 0 Å². The average molecular weight is 716 g/mol. The summed E-state index contributed by atoms with van der Waals surface area (Å²) in [4.78, 5) is 10.2. The van der Waals surface area contributed by atoms with Crippen LogP contribution in [0.4, 0.5) is 0 Å². The van der Waals surface area contributed by atoms with Crippen LogP contribution in [0, 0.1) is 0 Å². The first-order chi connectivity index (χ1) is 27.8. The van der Waals surface area contributed by atoms with Gasteiger partial charge in [-0.05, 0) is 106 Å². The molecule has 1 aliphatic carbocycles. The van der Waals surface area contributed by atoms with Gasteiger partial charge in [0.1, 0.15) is 11.2 Å². The number of benzene rings is 7. The van der Waals surface area contributed by atoms with Crippen molar-refractivity contribution in [1.29, 1.82) is 0 Å². The highest BCUT2D eigenvalue weighted by molar-refractivity contribution is 6.15. The Morgan fingerprint density at radius 1 is 0.518 bits per heavy atom. The van der Waals surface area contributed by atoms with Crippen molar-refractivity contribution >= 4 is 54.8 Å². The number of nitrogens with zero attached hydrogens (tertiary/aromatic N) is 3. The second kappa shape index (κ2) is 12.1. The molecule has 0 radical (unpaired) electrons. The van der Waals surface area contributed by atoms with E-state index in [1.165, 1.54) is 55.2 Å². The quantitative estimate of drug-likeness (QED) is 0.182. The van der Waals surface area contributed by atoms with E-state index < -0.39 is 0 Å². The van der Waals surface area contributed by atoms with Gasteiger partial charge in [0.25, 0.3) is 0 Å². The first-order valence-corrected chi connectivity index (χ1v) is 19.2. The lowest BCUT2D eigenvalue weighted by molar-refractivity contribution is 0.669. The van der Waals surface area contributed by atoms with E-state index in [4.69, 9.17) is 14.4 Å². The van der Waals surface area contributed by atoms with Gasteiger partial charge in [-0.3, -0.25) is 9.97 Å². The molecule has 4 nitrogen and oxygen atoms in total. The third kappa shape index (κ3) is 4.66. The van der Waals surface area contributed by atoms with Crippen molar-refractivity contribution in [3.05, 3.63) is 199 Å². The lowest BCUT2D eigenvalue weighted by Crippen LogP contribution is -2.14. The van der Waals surface area contributed by atoms with Crippen molar-refractivity contribution in [2.45, 2.75) is 12.3 Å². The molecule has 7 aromatic carbocycles. The minimum atomic E-state index is 0.0751. The SMILES string of the molecule is c1ccc(-n2c3ccccc3c3ccc(-c4ccc5c(c4)-c4ccccc4C(c4cc(-c6cccc7oc8ccccc8c67)c6ncccc6n4)C5)cc32)cc1. The Labute approximate surface area is 323 Å². The molecule has 1 aliphatic rings. The molecule has 262 valence electrons. The molecule has 56 heavy (non-hydrogen) atoms. The predicted octanol–water partition coefficient (Wildman–Crippen LogP) is 13.3. The fraction of sp³-hybridized carbons (Fsp3) is 0.0385. The van der Waals surface area contributed by atoms with Gasteiger partial charge in [-0.2, -0.15) is 0 Å². The first kappa shape index (κ1) is 31.1. The monoisotopic (exact) mass is 715 g/mol. The Kier molecular flexibility index (Phi) is 6.72. The molecular weight excluding hydrogens is 683 g/mol. The van der Waals surface area contributed by atoms with Crippen LogP contribution in [0.3, 0.4) is 0 Å². The fourth-order valence-electron chi connectivity index (χ4n) is 9.30. The molecule has 12 rings (SSSR count). The van der Waals surface area contributed by atoms with Crippen LogP contribution >= 0.6 is 0 Å². The van der Waals surface area contributed by atoms with Crippen LogP contribution in [0.15, 0.2) is 187 Å². The van der Waals surface area contributed by atoms with Gasteiger partial charge in [-0.15, -0.1) is 0 Å². The number of fused-ring (bicyclic) bond motifs is 10. The Balaban J connectivity index is 0.997. The number of hydrogen-bond donors (Lipinski definition) is 0. The van der Waals surface area contributed by atoms with Crippen molar-refractivity contribution in [1.82, 2.24) is 14.5 Å². The third-order valence-electron chi connectivity index (χ3n) is 11.8. The minimum Gasteiger partial charge on any atom is -0.456 e. The Morgan fingerprint density at radius 3 is 2.21 bits per heavy atom. The molecule has 0 bridgehead atoms. The van der Waals surface area contributed by atoms with Crippen molar-refractivity contribution in [2.24, 2.45) is 0 Å². The van der Waals surface area contributed by atoms with Crippen molar-refractivity contribution in [2.75, 3.05) is 0 Å². The fourth-order valence-corrected chi connectivity index (χ4v) is 9.30.